The van der Waals surface area contributed by atoms with Crippen LogP contribution < -0.4 is 0 Å². The van der Waals surface area contributed by atoms with Gasteiger partial charge in [0.1, 0.15) is 0 Å². The van der Waals surface area contributed by atoms with E-state index in [0.717, 1.165) is 30.0 Å². The fourth-order valence-electron chi connectivity index (χ4n) is 2.92. The molecule has 23 heavy (non-hydrogen) atoms. The molecule has 1 saturated heterocycles. The summed E-state index contributed by atoms with van der Waals surface area (Å²) in [7, 11) is 0. The maximum atomic E-state index is 13.2. The number of nitrogens with zero attached hydrogens (tertiary/aromatic N) is 2. The van der Waals surface area contributed by atoms with Gasteiger partial charge in [-0.1, -0.05) is 13.0 Å². The third kappa shape index (κ3) is 3.42. The Hall–Kier alpha value is -1.82. The molecule has 1 aliphatic heterocycles. The lowest BCUT2D eigenvalue weighted by Gasteiger charge is -2.38. The van der Waals surface area contributed by atoms with Crippen molar-refractivity contribution in [2.24, 2.45) is 0 Å². The van der Waals surface area contributed by atoms with E-state index in [1.165, 1.54) is 6.07 Å². The number of benzene rings is 1. The van der Waals surface area contributed by atoms with Crippen LogP contribution in [0.3, 0.4) is 0 Å². The van der Waals surface area contributed by atoms with E-state index in [2.05, 4.69) is 11.9 Å². The van der Waals surface area contributed by atoms with Crippen LogP contribution in [-0.4, -0.2) is 28.9 Å². The summed E-state index contributed by atoms with van der Waals surface area (Å²) in [5.41, 5.74) is 0.523. The third-order valence-electron chi connectivity index (χ3n) is 4.51. The number of rotatable bonds is 3. The fraction of sp³-hybridized carbons (Fsp3) is 0.412. The summed E-state index contributed by atoms with van der Waals surface area (Å²) < 4.78 is 26.2. The first kappa shape index (κ1) is 16.1. The van der Waals surface area contributed by atoms with Crippen molar-refractivity contribution in [1.82, 2.24) is 9.88 Å². The molecule has 122 valence electrons. The van der Waals surface area contributed by atoms with E-state index in [1.807, 2.05) is 11.6 Å². The molecule has 1 amide bonds. The maximum absolute atomic E-state index is 13.2. The van der Waals surface area contributed by atoms with Crippen molar-refractivity contribution in [2.45, 2.75) is 31.6 Å². The second-order valence-electron chi connectivity index (χ2n) is 6.20. The lowest BCUT2D eigenvalue weighted by atomic mass is 9.81. The minimum absolute atomic E-state index is 0.0208. The lowest BCUT2D eigenvalue weighted by molar-refractivity contribution is -0.132. The maximum Gasteiger partial charge on any atom is 0.226 e. The molecule has 0 N–H and O–H groups in total. The number of hydrogen-bond acceptors (Lipinski definition) is 3. The number of likely N-dealkylation sites (tertiary alicyclic amines) is 1. The smallest absolute Gasteiger partial charge is 0.226 e. The Morgan fingerprint density at radius 2 is 2.04 bits per heavy atom. The van der Waals surface area contributed by atoms with Gasteiger partial charge in [-0.05, 0) is 30.5 Å². The highest BCUT2D eigenvalue weighted by atomic mass is 32.1. The summed E-state index contributed by atoms with van der Waals surface area (Å²) in [4.78, 5) is 18.6. The number of carbonyl (C=O) groups is 1. The van der Waals surface area contributed by atoms with Crippen molar-refractivity contribution in [3.8, 4) is 0 Å². The van der Waals surface area contributed by atoms with Crippen LogP contribution in [0, 0.1) is 11.6 Å². The number of carbonyl (C=O) groups excluding carboxylic acids is 1. The van der Waals surface area contributed by atoms with Gasteiger partial charge in [0, 0.05) is 30.1 Å². The normalized spacial score (nSPS) is 17.3. The van der Waals surface area contributed by atoms with Crippen LogP contribution in [0.15, 0.2) is 29.8 Å². The van der Waals surface area contributed by atoms with E-state index in [1.54, 1.807) is 16.2 Å². The van der Waals surface area contributed by atoms with Gasteiger partial charge in [-0.2, -0.15) is 0 Å². The molecule has 2 aromatic rings. The minimum atomic E-state index is -0.912. The highest BCUT2D eigenvalue weighted by Crippen LogP contribution is 2.36. The van der Waals surface area contributed by atoms with E-state index < -0.39 is 11.6 Å². The number of thiazole rings is 1. The summed E-state index contributed by atoms with van der Waals surface area (Å²) in [6.45, 7) is 3.51. The van der Waals surface area contributed by atoms with Crippen molar-refractivity contribution in [3.05, 3.63) is 52.0 Å². The van der Waals surface area contributed by atoms with Gasteiger partial charge in [0.15, 0.2) is 11.6 Å². The first-order valence-corrected chi connectivity index (χ1v) is 8.48. The monoisotopic (exact) mass is 336 g/mol. The third-order valence-corrected chi connectivity index (χ3v) is 5.59. The first-order chi connectivity index (χ1) is 11.0. The molecule has 3 rings (SSSR count). The molecular weight excluding hydrogens is 318 g/mol. The second kappa shape index (κ2) is 6.35. The molecule has 0 spiro atoms. The average Bonchev–Trinajstić information content (AvgIpc) is 3.07. The van der Waals surface area contributed by atoms with Crippen LogP contribution in [-0.2, 0) is 16.6 Å². The summed E-state index contributed by atoms with van der Waals surface area (Å²) in [5.74, 6) is -1.85. The highest BCUT2D eigenvalue weighted by molar-refractivity contribution is 7.09. The van der Waals surface area contributed by atoms with Crippen LogP contribution in [0.1, 0.15) is 30.3 Å². The van der Waals surface area contributed by atoms with Gasteiger partial charge in [0.25, 0.3) is 0 Å². The molecule has 2 heterocycles. The van der Waals surface area contributed by atoms with Gasteiger partial charge in [0.05, 0.1) is 11.4 Å². The molecule has 1 aliphatic rings. The molecule has 1 aromatic heterocycles. The lowest BCUT2D eigenvalue weighted by Crippen LogP contribution is -2.44. The molecular formula is C17H18F2N2OS. The number of piperidine rings is 1. The van der Waals surface area contributed by atoms with Gasteiger partial charge in [-0.15, -0.1) is 11.3 Å². The van der Waals surface area contributed by atoms with Gasteiger partial charge in [-0.3, -0.25) is 4.79 Å². The Morgan fingerprint density at radius 3 is 2.65 bits per heavy atom. The van der Waals surface area contributed by atoms with Crippen molar-refractivity contribution >= 4 is 17.2 Å². The van der Waals surface area contributed by atoms with Crippen molar-refractivity contribution in [2.75, 3.05) is 13.1 Å². The zero-order valence-electron chi connectivity index (χ0n) is 12.9. The number of aromatic nitrogens is 1. The van der Waals surface area contributed by atoms with Crippen molar-refractivity contribution in [1.29, 1.82) is 0 Å². The summed E-state index contributed by atoms with van der Waals surface area (Å²) in [6, 6.07) is 3.62. The first-order valence-electron chi connectivity index (χ1n) is 7.60. The SMILES string of the molecule is CC1(c2nccs2)CCN(C(=O)Cc2ccc(F)c(F)c2)CC1. The molecule has 0 aliphatic carbocycles. The standard InChI is InChI=1S/C17H18F2N2OS/c1-17(16-20-6-9-23-16)4-7-21(8-5-17)15(22)11-12-2-3-13(18)14(19)10-12/h2-3,6,9-10H,4-5,7-8,11H2,1H3. The summed E-state index contributed by atoms with van der Waals surface area (Å²) >= 11 is 1.65. The zero-order chi connectivity index (χ0) is 16.4. The Balaban J connectivity index is 1.61. The Labute approximate surface area is 138 Å². The van der Waals surface area contributed by atoms with Gasteiger partial charge in [-0.25, -0.2) is 13.8 Å². The van der Waals surface area contributed by atoms with Crippen LogP contribution in [0.2, 0.25) is 0 Å². The molecule has 6 heteroatoms. The van der Waals surface area contributed by atoms with Crippen LogP contribution >= 0.6 is 11.3 Å². The van der Waals surface area contributed by atoms with Crippen molar-refractivity contribution < 1.29 is 13.6 Å². The van der Waals surface area contributed by atoms with Crippen LogP contribution in [0.4, 0.5) is 8.78 Å². The molecule has 0 radical (unpaired) electrons. The summed E-state index contributed by atoms with van der Waals surface area (Å²) in [6.07, 6.45) is 3.64. The van der Waals surface area contributed by atoms with E-state index in [4.69, 9.17) is 0 Å². The van der Waals surface area contributed by atoms with Crippen molar-refractivity contribution in [3.63, 3.8) is 0 Å². The average molecular weight is 336 g/mol. The molecule has 1 aromatic carbocycles. The number of halogens is 2. The van der Waals surface area contributed by atoms with Crippen LogP contribution in [0.5, 0.6) is 0 Å². The Morgan fingerprint density at radius 1 is 1.30 bits per heavy atom. The fourth-order valence-corrected chi connectivity index (χ4v) is 3.78. The Kier molecular flexibility index (Phi) is 4.43. The molecule has 3 nitrogen and oxygen atoms in total. The highest BCUT2D eigenvalue weighted by Gasteiger charge is 2.35. The Bertz CT molecular complexity index is 695. The zero-order valence-corrected chi connectivity index (χ0v) is 13.7. The van der Waals surface area contributed by atoms with E-state index >= 15 is 0 Å². The molecule has 0 bridgehead atoms. The van der Waals surface area contributed by atoms with E-state index in [0.29, 0.717) is 18.7 Å². The molecule has 0 saturated carbocycles. The summed E-state index contributed by atoms with van der Waals surface area (Å²) in [5, 5.41) is 3.09. The largest absolute Gasteiger partial charge is 0.342 e. The van der Waals surface area contributed by atoms with Gasteiger partial charge >= 0.3 is 0 Å². The van der Waals surface area contributed by atoms with Gasteiger partial charge in [0.2, 0.25) is 5.91 Å². The molecule has 0 unspecified atom stereocenters. The predicted octanol–water partition coefficient (Wildman–Crippen LogP) is 3.54. The molecule has 0 atom stereocenters. The number of amides is 1. The quantitative estimate of drug-likeness (QED) is 0.859. The second-order valence-corrected chi connectivity index (χ2v) is 7.10. The predicted molar refractivity (Wildman–Crippen MR) is 85.3 cm³/mol. The minimum Gasteiger partial charge on any atom is -0.342 e. The van der Waals surface area contributed by atoms with E-state index in [9.17, 15) is 13.6 Å². The van der Waals surface area contributed by atoms with E-state index in [-0.39, 0.29) is 17.7 Å². The topological polar surface area (TPSA) is 33.2 Å². The van der Waals surface area contributed by atoms with Gasteiger partial charge < -0.3 is 4.90 Å². The molecule has 1 fully saturated rings. The number of hydrogen-bond donors (Lipinski definition) is 0. The van der Waals surface area contributed by atoms with Crippen LogP contribution in [0.25, 0.3) is 0 Å².